The summed E-state index contributed by atoms with van der Waals surface area (Å²) >= 11 is 0. The molecule has 6 heteroatoms. The van der Waals surface area contributed by atoms with Gasteiger partial charge in [-0.2, -0.15) is 0 Å². The third-order valence-electron chi connectivity index (χ3n) is 2.73. The molecule has 0 bridgehead atoms. The lowest BCUT2D eigenvalue weighted by Gasteiger charge is -2.17. The SMILES string of the molecule is CNC(=O)Oc1cccc(NC(=O)OC(C)C(C)C)c1. The van der Waals surface area contributed by atoms with Gasteiger partial charge in [-0.25, -0.2) is 9.59 Å². The fourth-order valence-electron chi connectivity index (χ4n) is 1.25. The predicted octanol–water partition coefficient (Wildman–Crippen LogP) is 3.00. The zero-order valence-corrected chi connectivity index (χ0v) is 12.1. The van der Waals surface area contributed by atoms with Crippen molar-refractivity contribution < 1.29 is 19.1 Å². The van der Waals surface area contributed by atoms with Gasteiger partial charge in [-0.05, 0) is 25.0 Å². The second kappa shape index (κ2) is 7.37. The summed E-state index contributed by atoms with van der Waals surface area (Å²) in [6.45, 7) is 5.76. The number of carbonyl (C=O) groups is 2. The number of hydrogen-bond acceptors (Lipinski definition) is 4. The fourth-order valence-corrected chi connectivity index (χ4v) is 1.25. The largest absolute Gasteiger partial charge is 0.446 e. The van der Waals surface area contributed by atoms with Crippen LogP contribution in [0.5, 0.6) is 5.75 Å². The smallest absolute Gasteiger partial charge is 0.412 e. The standard InChI is InChI=1S/C14H20N2O4/c1-9(2)10(3)19-14(18)16-11-6-5-7-12(8-11)20-13(17)15-4/h5-10H,1-4H3,(H,15,17)(H,16,18). The second-order valence-corrected chi connectivity index (χ2v) is 4.65. The molecule has 1 unspecified atom stereocenters. The van der Waals surface area contributed by atoms with Gasteiger partial charge < -0.3 is 14.8 Å². The van der Waals surface area contributed by atoms with Gasteiger partial charge in [-0.1, -0.05) is 19.9 Å². The Morgan fingerprint density at radius 1 is 1.15 bits per heavy atom. The van der Waals surface area contributed by atoms with Crippen molar-refractivity contribution in [3.8, 4) is 5.75 Å². The molecule has 0 saturated carbocycles. The first-order valence-electron chi connectivity index (χ1n) is 6.39. The zero-order valence-electron chi connectivity index (χ0n) is 12.1. The Balaban J connectivity index is 2.61. The molecule has 20 heavy (non-hydrogen) atoms. The van der Waals surface area contributed by atoms with E-state index in [0.29, 0.717) is 11.4 Å². The van der Waals surface area contributed by atoms with Crippen LogP contribution in [0.25, 0.3) is 0 Å². The quantitative estimate of drug-likeness (QED) is 0.888. The van der Waals surface area contributed by atoms with Crippen LogP contribution in [0.1, 0.15) is 20.8 Å². The summed E-state index contributed by atoms with van der Waals surface area (Å²) < 4.78 is 10.2. The van der Waals surface area contributed by atoms with E-state index in [-0.39, 0.29) is 12.0 Å². The van der Waals surface area contributed by atoms with Crippen LogP contribution in [0.4, 0.5) is 15.3 Å². The Kier molecular flexibility index (Phi) is 5.83. The van der Waals surface area contributed by atoms with Gasteiger partial charge in [0.2, 0.25) is 0 Å². The van der Waals surface area contributed by atoms with Gasteiger partial charge in [0.15, 0.2) is 0 Å². The van der Waals surface area contributed by atoms with E-state index in [0.717, 1.165) is 0 Å². The molecule has 110 valence electrons. The average molecular weight is 280 g/mol. The highest BCUT2D eigenvalue weighted by Crippen LogP contribution is 2.18. The molecule has 1 rings (SSSR count). The van der Waals surface area contributed by atoms with E-state index in [9.17, 15) is 9.59 Å². The number of nitrogens with one attached hydrogen (secondary N) is 2. The van der Waals surface area contributed by atoms with E-state index < -0.39 is 12.2 Å². The molecule has 0 saturated heterocycles. The topological polar surface area (TPSA) is 76.7 Å². The summed E-state index contributed by atoms with van der Waals surface area (Å²) in [4.78, 5) is 22.8. The van der Waals surface area contributed by atoms with Crippen molar-refractivity contribution in [2.24, 2.45) is 5.92 Å². The molecule has 0 radical (unpaired) electrons. The monoisotopic (exact) mass is 280 g/mol. The first kappa shape index (κ1) is 15.8. The molecule has 2 amide bonds. The van der Waals surface area contributed by atoms with Gasteiger partial charge in [0.25, 0.3) is 0 Å². The van der Waals surface area contributed by atoms with Crippen LogP contribution in [0.3, 0.4) is 0 Å². The summed E-state index contributed by atoms with van der Waals surface area (Å²) in [7, 11) is 1.47. The number of amides is 2. The molecule has 0 aromatic heterocycles. The van der Waals surface area contributed by atoms with Crippen LogP contribution in [-0.4, -0.2) is 25.3 Å². The molecule has 1 atom stereocenters. The Labute approximate surface area is 118 Å². The van der Waals surface area contributed by atoms with Crippen molar-refractivity contribution in [2.45, 2.75) is 26.9 Å². The van der Waals surface area contributed by atoms with E-state index >= 15 is 0 Å². The number of ether oxygens (including phenoxy) is 2. The van der Waals surface area contributed by atoms with Crippen molar-refractivity contribution in [2.75, 3.05) is 12.4 Å². The summed E-state index contributed by atoms with van der Waals surface area (Å²) in [6.07, 6.45) is -1.29. The van der Waals surface area contributed by atoms with Gasteiger partial charge in [0.1, 0.15) is 11.9 Å². The summed E-state index contributed by atoms with van der Waals surface area (Å²) in [6, 6.07) is 6.50. The summed E-state index contributed by atoms with van der Waals surface area (Å²) in [5.74, 6) is 0.572. The van der Waals surface area contributed by atoms with Crippen LogP contribution in [0.15, 0.2) is 24.3 Å². The van der Waals surface area contributed by atoms with Crippen LogP contribution in [0.2, 0.25) is 0 Å². The van der Waals surface area contributed by atoms with Crippen LogP contribution in [-0.2, 0) is 4.74 Å². The number of hydrogen-bond donors (Lipinski definition) is 2. The highest BCUT2D eigenvalue weighted by atomic mass is 16.6. The normalized spacial score (nSPS) is 11.7. The minimum Gasteiger partial charge on any atom is -0.446 e. The lowest BCUT2D eigenvalue weighted by Crippen LogP contribution is -2.24. The van der Waals surface area contributed by atoms with Gasteiger partial charge in [-0.3, -0.25) is 5.32 Å². The van der Waals surface area contributed by atoms with Crippen LogP contribution >= 0.6 is 0 Å². The molecule has 6 nitrogen and oxygen atoms in total. The molecule has 0 fully saturated rings. The first-order valence-corrected chi connectivity index (χ1v) is 6.39. The number of rotatable bonds is 4. The van der Waals surface area contributed by atoms with E-state index in [1.807, 2.05) is 20.8 Å². The van der Waals surface area contributed by atoms with Gasteiger partial charge in [-0.15, -0.1) is 0 Å². The molecule has 0 aliphatic rings. The van der Waals surface area contributed by atoms with E-state index in [2.05, 4.69) is 10.6 Å². The maximum absolute atomic E-state index is 11.7. The molecule has 1 aromatic carbocycles. The van der Waals surface area contributed by atoms with Crippen LogP contribution < -0.4 is 15.4 Å². The molecule has 2 N–H and O–H groups in total. The molecule has 0 aliphatic carbocycles. The van der Waals surface area contributed by atoms with Crippen molar-refractivity contribution in [1.82, 2.24) is 5.32 Å². The average Bonchev–Trinajstić information content (AvgIpc) is 2.38. The fraction of sp³-hybridized carbons (Fsp3) is 0.429. The summed E-state index contributed by atoms with van der Waals surface area (Å²) in [5, 5.41) is 4.93. The number of carbonyl (C=O) groups excluding carboxylic acids is 2. The third kappa shape index (κ3) is 5.17. The lowest BCUT2D eigenvalue weighted by molar-refractivity contribution is 0.0940. The molecule has 0 aliphatic heterocycles. The third-order valence-corrected chi connectivity index (χ3v) is 2.73. The number of benzene rings is 1. The van der Waals surface area contributed by atoms with E-state index in [1.165, 1.54) is 13.1 Å². The van der Waals surface area contributed by atoms with Gasteiger partial charge in [0.05, 0.1) is 0 Å². The minimum absolute atomic E-state index is 0.180. The molecule has 1 aromatic rings. The molecular weight excluding hydrogens is 260 g/mol. The van der Waals surface area contributed by atoms with Crippen molar-refractivity contribution >= 4 is 17.9 Å². The first-order chi connectivity index (χ1) is 9.42. The van der Waals surface area contributed by atoms with Crippen molar-refractivity contribution in [1.29, 1.82) is 0 Å². The lowest BCUT2D eigenvalue weighted by atomic mass is 10.1. The van der Waals surface area contributed by atoms with Crippen LogP contribution in [0, 0.1) is 5.92 Å². The van der Waals surface area contributed by atoms with Crippen molar-refractivity contribution in [3.63, 3.8) is 0 Å². The van der Waals surface area contributed by atoms with Gasteiger partial charge in [0, 0.05) is 18.8 Å². The van der Waals surface area contributed by atoms with Crippen molar-refractivity contribution in [3.05, 3.63) is 24.3 Å². The molecule has 0 heterocycles. The zero-order chi connectivity index (χ0) is 15.1. The van der Waals surface area contributed by atoms with E-state index in [4.69, 9.17) is 9.47 Å². The maximum Gasteiger partial charge on any atom is 0.412 e. The molecular formula is C14H20N2O4. The van der Waals surface area contributed by atoms with Gasteiger partial charge >= 0.3 is 12.2 Å². The minimum atomic E-state index is -0.571. The highest BCUT2D eigenvalue weighted by molar-refractivity contribution is 5.85. The Morgan fingerprint density at radius 3 is 2.45 bits per heavy atom. The predicted molar refractivity (Wildman–Crippen MR) is 75.9 cm³/mol. The Morgan fingerprint density at radius 2 is 1.85 bits per heavy atom. The molecule has 0 spiro atoms. The highest BCUT2D eigenvalue weighted by Gasteiger charge is 2.13. The maximum atomic E-state index is 11.7. The Bertz CT molecular complexity index is 474. The Hall–Kier alpha value is -2.24. The summed E-state index contributed by atoms with van der Waals surface area (Å²) in [5.41, 5.74) is 0.493. The number of anilines is 1. The second-order valence-electron chi connectivity index (χ2n) is 4.65. The van der Waals surface area contributed by atoms with E-state index in [1.54, 1.807) is 18.2 Å².